The van der Waals surface area contributed by atoms with E-state index in [1.165, 1.54) is 6.92 Å². The van der Waals surface area contributed by atoms with Crippen LogP contribution in [0, 0.1) is 0 Å². The standard InChI is InChI=1S/C22H41N2O7P/c1-9-16(10-2)30-19-14-17(32(27,28-11-3)29-12-4)13-18(20(19)23-15(5)25)24-21(26)31-22(6,7)8/h14,16,18-20H,9-13H2,1-8H3,(H,23,25)(H,24,26)/t18-,19+,20+/m0/s1. The summed E-state index contributed by atoms with van der Waals surface area (Å²) in [6.45, 7) is 14.6. The first-order chi connectivity index (χ1) is 14.9. The minimum absolute atomic E-state index is 0.0763. The summed E-state index contributed by atoms with van der Waals surface area (Å²) in [5.41, 5.74) is -0.696. The highest BCUT2D eigenvalue weighted by atomic mass is 31.2. The summed E-state index contributed by atoms with van der Waals surface area (Å²) in [7, 11) is -3.60. The first kappa shape index (κ1) is 28.6. The van der Waals surface area contributed by atoms with Crippen LogP contribution in [0.25, 0.3) is 0 Å². The molecule has 0 bridgehead atoms. The molecule has 2 N–H and O–H groups in total. The van der Waals surface area contributed by atoms with Gasteiger partial charge in [0.15, 0.2) is 0 Å². The van der Waals surface area contributed by atoms with Gasteiger partial charge in [-0.25, -0.2) is 4.79 Å². The van der Waals surface area contributed by atoms with Gasteiger partial charge in [0.25, 0.3) is 0 Å². The van der Waals surface area contributed by atoms with Crippen LogP contribution >= 0.6 is 7.60 Å². The Bertz CT molecular complexity index is 691. The Labute approximate surface area is 192 Å². The first-order valence-electron chi connectivity index (χ1n) is 11.4. The van der Waals surface area contributed by atoms with Crippen molar-refractivity contribution in [2.45, 2.75) is 105 Å². The highest BCUT2D eigenvalue weighted by Crippen LogP contribution is 2.59. The van der Waals surface area contributed by atoms with Gasteiger partial charge < -0.3 is 29.2 Å². The van der Waals surface area contributed by atoms with Crippen molar-refractivity contribution in [3.05, 3.63) is 11.4 Å². The van der Waals surface area contributed by atoms with Gasteiger partial charge in [0.1, 0.15) is 5.60 Å². The summed E-state index contributed by atoms with van der Waals surface area (Å²) in [6, 6.07) is -1.22. The zero-order valence-electron chi connectivity index (χ0n) is 20.7. The van der Waals surface area contributed by atoms with Gasteiger partial charge in [0.2, 0.25) is 5.91 Å². The van der Waals surface area contributed by atoms with Crippen molar-refractivity contribution in [1.82, 2.24) is 10.6 Å². The minimum Gasteiger partial charge on any atom is -0.444 e. The second kappa shape index (κ2) is 12.7. The Hall–Kier alpha value is -1.41. The Morgan fingerprint density at radius 2 is 1.66 bits per heavy atom. The van der Waals surface area contributed by atoms with Gasteiger partial charge in [-0.05, 0) is 53.5 Å². The zero-order valence-corrected chi connectivity index (χ0v) is 21.6. The summed E-state index contributed by atoms with van der Waals surface area (Å²) in [5.74, 6) is -0.265. The van der Waals surface area contributed by atoms with E-state index in [0.29, 0.717) is 5.31 Å². The molecule has 0 aromatic rings. The highest BCUT2D eigenvalue weighted by molar-refractivity contribution is 7.58. The average molecular weight is 477 g/mol. The van der Waals surface area contributed by atoms with Gasteiger partial charge in [-0.15, -0.1) is 0 Å². The number of ether oxygens (including phenoxy) is 2. The molecule has 0 aromatic heterocycles. The number of carbonyl (C=O) groups is 2. The van der Waals surface area contributed by atoms with Crippen molar-refractivity contribution >= 4 is 19.6 Å². The molecule has 0 fully saturated rings. The molecular weight excluding hydrogens is 435 g/mol. The van der Waals surface area contributed by atoms with Crippen molar-refractivity contribution in [3.63, 3.8) is 0 Å². The number of hydrogen-bond acceptors (Lipinski definition) is 7. The van der Waals surface area contributed by atoms with Crippen LogP contribution in [0.1, 0.15) is 74.7 Å². The lowest BCUT2D eigenvalue weighted by Crippen LogP contribution is -2.59. The van der Waals surface area contributed by atoms with E-state index in [4.69, 9.17) is 18.5 Å². The molecule has 0 radical (unpaired) electrons. The van der Waals surface area contributed by atoms with Crippen molar-refractivity contribution < 1.29 is 32.7 Å². The third-order valence-electron chi connectivity index (χ3n) is 4.86. The third kappa shape index (κ3) is 8.85. The topological polar surface area (TPSA) is 112 Å². The summed E-state index contributed by atoms with van der Waals surface area (Å²) in [4.78, 5) is 24.6. The van der Waals surface area contributed by atoms with Gasteiger partial charge in [0.05, 0.1) is 37.5 Å². The van der Waals surface area contributed by atoms with Crippen molar-refractivity contribution in [3.8, 4) is 0 Å². The fourth-order valence-electron chi connectivity index (χ4n) is 3.53. The van der Waals surface area contributed by atoms with Gasteiger partial charge in [-0.2, -0.15) is 0 Å². The lowest BCUT2D eigenvalue weighted by atomic mass is 9.92. The number of rotatable bonds is 11. The normalized spacial score (nSPS) is 21.8. The zero-order chi connectivity index (χ0) is 24.5. The molecule has 0 aliphatic heterocycles. The van der Waals surface area contributed by atoms with Gasteiger partial charge >= 0.3 is 13.7 Å². The average Bonchev–Trinajstić information content (AvgIpc) is 2.66. The van der Waals surface area contributed by atoms with Crippen LogP contribution in [-0.2, 0) is 27.9 Å². The van der Waals surface area contributed by atoms with Gasteiger partial charge in [0, 0.05) is 18.7 Å². The van der Waals surface area contributed by atoms with E-state index in [9.17, 15) is 14.2 Å². The highest BCUT2D eigenvalue weighted by Gasteiger charge is 2.43. The monoisotopic (exact) mass is 476 g/mol. The molecule has 186 valence electrons. The van der Waals surface area contributed by atoms with Crippen LogP contribution in [0.5, 0.6) is 0 Å². The van der Waals surface area contributed by atoms with Crippen LogP contribution < -0.4 is 10.6 Å². The van der Waals surface area contributed by atoms with E-state index in [-0.39, 0.29) is 31.6 Å². The number of nitrogens with one attached hydrogen (secondary N) is 2. The molecule has 1 rings (SSSR count). The van der Waals surface area contributed by atoms with Crippen molar-refractivity contribution in [2.24, 2.45) is 0 Å². The minimum atomic E-state index is -3.60. The fraction of sp³-hybridized carbons (Fsp3) is 0.818. The SMILES string of the molecule is CCOP(=O)(OCC)C1=C[C@@H](OC(CC)CC)[C@H](NC(C)=O)[C@@H](NC(=O)OC(C)(C)C)C1. The second-order valence-corrected chi connectivity index (χ2v) is 10.8. The summed E-state index contributed by atoms with van der Waals surface area (Å²) < 4.78 is 36.3. The Morgan fingerprint density at radius 3 is 2.09 bits per heavy atom. The molecule has 32 heavy (non-hydrogen) atoms. The van der Waals surface area contributed by atoms with E-state index in [0.717, 1.165) is 12.8 Å². The summed E-state index contributed by atoms with van der Waals surface area (Å²) in [5, 5.41) is 6.13. The Morgan fingerprint density at radius 1 is 1.09 bits per heavy atom. The fourth-order valence-corrected chi connectivity index (χ4v) is 5.37. The predicted molar refractivity (Wildman–Crippen MR) is 124 cm³/mol. The molecule has 0 saturated carbocycles. The number of alkyl carbamates (subject to hydrolysis) is 1. The Balaban J connectivity index is 3.41. The second-order valence-electron chi connectivity index (χ2n) is 8.71. The van der Waals surface area contributed by atoms with E-state index in [2.05, 4.69) is 10.6 Å². The number of hydrogen-bond donors (Lipinski definition) is 2. The van der Waals surface area contributed by atoms with Crippen LogP contribution in [0.4, 0.5) is 4.79 Å². The largest absolute Gasteiger partial charge is 0.444 e. The first-order valence-corrected chi connectivity index (χ1v) is 13.0. The van der Waals surface area contributed by atoms with E-state index in [1.54, 1.807) is 40.7 Å². The van der Waals surface area contributed by atoms with E-state index in [1.807, 2.05) is 13.8 Å². The Kier molecular flexibility index (Phi) is 11.4. The molecule has 1 aliphatic rings. The quantitative estimate of drug-likeness (QED) is 0.422. The maximum absolute atomic E-state index is 13.5. The molecule has 0 saturated heterocycles. The molecular formula is C22H41N2O7P. The molecule has 0 spiro atoms. The van der Waals surface area contributed by atoms with E-state index >= 15 is 0 Å². The van der Waals surface area contributed by atoms with Crippen LogP contribution in [0.15, 0.2) is 11.4 Å². The van der Waals surface area contributed by atoms with Crippen molar-refractivity contribution in [1.29, 1.82) is 0 Å². The summed E-state index contributed by atoms with van der Waals surface area (Å²) >= 11 is 0. The van der Waals surface area contributed by atoms with Crippen molar-refractivity contribution in [2.75, 3.05) is 13.2 Å². The van der Waals surface area contributed by atoms with Gasteiger partial charge in [-0.3, -0.25) is 9.36 Å². The lowest BCUT2D eigenvalue weighted by molar-refractivity contribution is -0.121. The molecule has 3 atom stereocenters. The van der Waals surface area contributed by atoms with Crippen LogP contribution in [0.2, 0.25) is 0 Å². The molecule has 10 heteroatoms. The van der Waals surface area contributed by atoms with Crippen LogP contribution in [0.3, 0.4) is 0 Å². The maximum atomic E-state index is 13.5. The smallest absolute Gasteiger partial charge is 0.407 e. The molecule has 2 amide bonds. The lowest BCUT2D eigenvalue weighted by Gasteiger charge is -2.40. The molecule has 0 heterocycles. The molecule has 1 aliphatic carbocycles. The summed E-state index contributed by atoms with van der Waals surface area (Å²) in [6.07, 6.45) is 2.06. The van der Waals surface area contributed by atoms with Gasteiger partial charge in [-0.1, -0.05) is 13.8 Å². The number of amides is 2. The van der Waals surface area contributed by atoms with Crippen LogP contribution in [-0.4, -0.2) is 55.1 Å². The molecule has 0 unspecified atom stereocenters. The molecule has 0 aromatic carbocycles. The maximum Gasteiger partial charge on any atom is 0.407 e. The van der Waals surface area contributed by atoms with E-state index < -0.39 is 37.5 Å². The number of carbonyl (C=O) groups excluding carboxylic acids is 2. The molecule has 9 nitrogen and oxygen atoms in total. The third-order valence-corrected chi connectivity index (χ3v) is 7.09. The predicted octanol–water partition coefficient (Wildman–Crippen LogP) is 4.51.